The molecular weight excluding hydrogens is 206 g/mol. The summed E-state index contributed by atoms with van der Waals surface area (Å²) in [6.45, 7) is 1.34. The van der Waals surface area contributed by atoms with Crippen LogP contribution >= 0.6 is 0 Å². The van der Waals surface area contributed by atoms with E-state index in [9.17, 15) is 4.79 Å². The van der Waals surface area contributed by atoms with Gasteiger partial charge < -0.3 is 9.57 Å². The molecule has 2 rings (SSSR count). The van der Waals surface area contributed by atoms with Crippen molar-refractivity contribution in [3.8, 4) is 5.75 Å². The molecule has 1 aromatic rings. The molecule has 1 aromatic carbocycles. The number of rotatable bonds is 2. The zero-order valence-corrected chi connectivity index (χ0v) is 9.32. The van der Waals surface area contributed by atoms with Gasteiger partial charge in [-0.3, -0.25) is 0 Å². The quantitative estimate of drug-likeness (QED) is 0.564. The van der Waals surface area contributed by atoms with Gasteiger partial charge >= 0.3 is 5.97 Å². The molecule has 16 heavy (non-hydrogen) atoms. The highest BCUT2D eigenvalue weighted by molar-refractivity contribution is 6.04. The average molecular weight is 219 g/mol. The van der Waals surface area contributed by atoms with Gasteiger partial charge in [-0.05, 0) is 36.6 Å². The summed E-state index contributed by atoms with van der Waals surface area (Å²) < 4.78 is 5.15. The standard InChI is InChI=1S/C12H13NO3/c1-8(14)16-13-12-6-3-9-7-10(15-2)4-5-11(9)12/h4-5,7H,3,6H2,1-2H3/b13-12+. The van der Waals surface area contributed by atoms with E-state index >= 15 is 0 Å². The maximum atomic E-state index is 10.7. The number of carbonyl (C=O) groups is 1. The van der Waals surface area contributed by atoms with Gasteiger partial charge in [0.05, 0.1) is 12.8 Å². The van der Waals surface area contributed by atoms with Crippen molar-refractivity contribution in [2.24, 2.45) is 5.16 Å². The first kappa shape index (κ1) is 10.7. The topological polar surface area (TPSA) is 47.9 Å². The fourth-order valence-electron chi connectivity index (χ4n) is 1.79. The Bertz CT molecular complexity index is 452. The van der Waals surface area contributed by atoms with Gasteiger partial charge in [-0.1, -0.05) is 5.16 Å². The van der Waals surface area contributed by atoms with Crippen molar-refractivity contribution in [3.05, 3.63) is 29.3 Å². The second-order valence-electron chi connectivity index (χ2n) is 3.64. The highest BCUT2D eigenvalue weighted by Gasteiger charge is 2.19. The summed E-state index contributed by atoms with van der Waals surface area (Å²) >= 11 is 0. The van der Waals surface area contributed by atoms with Crippen molar-refractivity contribution in [1.29, 1.82) is 0 Å². The number of hydrogen-bond donors (Lipinski definition) is 0. The van der Waals surface area contributed by atoms with E-state index < -0.39 is 5.97 Å². The number of benzene rings is 1. The fourth-order valence-corrected chi connectivity index (χ4v) is 1.79. The summed E-state index contributed by atoms with van der Waals surface area (Å²) in [4.78, 5) is 15.3. The summed E-state index contributed by atoms with van der Waals surface area (Å²) in [7, 11) is 1.64. The van der Waals surface area contributed by atoms with Gasteiger partial charge in [-0.15, -0.1) is 0 Å². The molecule has 0 amide bonds. The molecule has 4 nitrogen and oxygen atoms in total. The fraction of sp³-hybridized carbons (Fsp3) is 0.333. The number of aryl methyl sites for hydroxylation is 1. The van der Waals surface area contributed by atoms with Gasteiger partial charge in [0.15, 0.2) is 0 Å². The van der Waals surface area contributed by atoms with Crippen LogP contribution in [0.4, 0.5) is 0 Å². The van der Waals surface area contributed by atoms with E-state index in [-0.39, 0.29) is 0 Å². The van der Waals surface area contributed by atoms with Crippen molar-refractivity contribution < 1.29 is 14.4 Å². The van der Waals surface area contributed by atoms with Crippen molar-refractivity contribution in [1.82, 2.24) is 0 Å². The lowest BCUT2D eigenvalue weighted by molar-refractivity contribution is -0.140. The smallest absolute Gasteiger partial charge is 0.331 e. The van der Waals surface area contributed by atoms with E-state index in [1.165, 1.54) is 12.5 Å². The normalized spacial score (nSPS) is 16.0. The van der Waals surface area contributed by atoms with Crippen LogP contribution in [0.5, 0.6) is 5.75 Å². The maximum Gasteiger partial charge on any atom is 0.331 e. The summed E-state index contributed by atoms with van der Waals surface area (Å²) in [6.07, 6.45) is 1.71. The van der Waals surface area contributed by atoms with Crippen LogP contribution in [0.15, 0.2) is 23.4 Å². The van der Waals surface area contributed by atoms with E-state index in [2.05, 4.69) is 9.99 Å². The molecule has 4 heteroatoms. The van der Waals surface area contributed by atoms with Crippen LogP contribution in [0.1, 0.15) is 24.5 Å². The minimum atomic E-state index is -0.394. The molecule has 0 bridgehead atoms. The van der Waals surface area contributed by atoms with E-state index in [1.807, 2.05) is 18.2 Å². The van der Waals surface area contributed by atoms with Crippen molar-refractivity contribution >= 4 is 11.7 Å². The zero-order valence-electron chi connectivity index (χ0n) is 9.32. The molecule has 0 atom stereocenters. The third kappa shape index (κ3) is 2.05. The van der Waals surface area contributed by atoms with Crippen LogP contribution in [-0.4, -0.2) is 18.8 Å². The first-order chi connectivity index (χ1) is 7.70. The van der Waals surface area contributed by atoms with Gasteiger partial charge in [0, 0.05) is 12.5 Å². The lowest BCUT2D eigenvalue weighted by atomic mass is 10.1. The lowest BCUT2D eigenvalue weighted by Crippen LogP contribution is -1.99. The largest absolute Gasteiger partial charge is 0.497 e. The molecule has 1 aliphatic carbocycles. The summed E-state index contributed by atoms with van der Waals surface area (Å²) in [6, 6.07) is 5.82. The second-order valence-corrected chi connectivity index (χ2v) is 3.64. The average Bonchev–Trinajstić information content (AvgIpc) is 2.68. The Balaban J connectivity index is 2.26. The summed E-state index contributed by atoms with van der Waals surface area (Å²) in [5, 5.41) is 3.85. The first-order valence-electron chi connectivity index (χ1n) is 5.12. The highest BCUT2D eigenvalue weighted by Crippen LogP contribution is 2.26. The van der Waals surface area contributed by atoms with Gasteiger partial charge in [0.25, 0.3) is 0 Å². The van der Waals surface area contributed by atoms with E-state index in [1.54, 1.807) is 7.11 Å². The molecule has 0 saturated heterocycles. The van der Waals surface area contributed by atoms with Crippen LogP contribution in [-0.2, 0) is 16.1 Å². The number of fused-ring (bicyclic) bond motifs is 1. The zero-order chi connectivity index (χ0) is 11.5. The predicted molar refractivity (Wildman–Crippen MR) is 59.6 cm³/mol. The van der Waals surface area contributed by atoms with Gasteiger partial charge in [-0.2, -0.15) is 0 Å². The third-order valence-corrected chi connectivity index (χ3v) is 2.54. The maximum absolute atomic E-state index is 10.7. The summed E-state index contributed by atoms with van der Waals surface area (Å²) in [5.41, 5.74) is 3.06. The van der Waals surface area contributed by atoms with E-state index in [4.69, 9.17) is 4.74 Å². The number of oxime groups is 1. The first-order valence-corrected chi connectivity index (χ1v) is 5.12. The second kappa shape index (κ2) is 4.35. The van der Waals surface area contributed by atoms with E-state index in [0.717, 1.165) is 29.9 Å². The molecule has 0 unspecified atom stereocenters. The lowest BCUT2D eigenvalue weighted by Gasteiger charge is -2.03. The highest BCUT2D eigenvalue weighted by atomic mass is 16.7. The molecular formula is C12H13NO3. The Hall–Kier alpha value is -1.84. The molecule has 0 spiro atoms. The van der Waals surface area contributed by atoms with Crippen LogP contribution in [0, 0.1) is 0 Å². The van der Waals surface area contributed by atoms with Crippen LogP contribution < -0.4 is 4.74 Å². The number of methoxy groups -OCH3 is 1. The molecule has 0 radical (unpaired) electrons. The molecule has 0 fully saturated rings. The number of carbonyl (C=O) groups excluding carboxylic acids is 1. The molecule has 0 aromatic heterocycles. The van der Waals surface area contributed by atoms with Crippen molar-refractivity contribution in [3.63, 3.8) is 0 Å². The minimum absolute atomic E-state index is 0.394. The van der Waals surface area contributed by atoms with Crippen LogP contribution in [0.25, 0.3) is 0 Å². The molecule has 84 valence electrons. The summed E-state index contributed by atoms with van der Waals surface area (Å²) in [5.74, 6) is 0.446. The number of ether oxygens (including phenoxy) is 1. The van der Waals surface area contributed by atoms with Crippen LogP contribution in [0.3, 0.4) is 0 Å². The predicted octanol–water partition coefficient (Wildman–Crippen LogP) is 1.91. The molecule has 0 aliphatic heterocycles. The SMILES string of the molecule is COc1ccc2c(c1)CC/C2=N\OC(C)=O. The Kier molecular flexibility index (Phi) is 2.90. The van der Waals surface area contributed by atoms with Crippen LogP contribution in [0.2, 0.25) is 0 Å². The Morgan fingerprint density at radius 1 is 1.38 bits per heavy atom. The molecule has 0 heterocycles. The minimum Gasteiger partial charge on any atom is -0.497 e. The van der Waals surface area contributed by atoms with E-state index in [0.29, 0.717) is 0 Å². The molecule has 0 N–H and O–H groups in total. The van der Waals surface area contributed by atoms with Crippen molar-refractivity contribution in [2.45, 2.75) is 19.8 Å². The molecule has 1 aliphatic rings. The Morgan fingerprint density at radius 3 is 2.88 bits per heavy atom. The monoisotopic (exact) mass is 219 g/mol. The number of nitrogens with zero attached hydrogens (tertiary/aromatic N) is 1. The van der Waals surface area contributed by atoms with Crippen molar-refractivity contribution in [2.75, 3.05) is 7.11 Å². The third-order valence-electron chi connectivity index (χ3n) is 2.54. The number of hydrogen-bond acceptors (Lipinski definition) is 4. The van der Waals surface area contributed by atoms with Gasteiger partial charge in [0.1, 0.15) is 5.75 Å². The van der Waals surface area contributed by atoms with Gasteiger partial charge in [-0.25, -0.2) is 4.79 Å². The van der Waals surface area contributed by atoms with Gasteiger partial charge in [0.2, 0.25) is 0 Å². The Labute approximate surface area is 93.9 Å². The Morgan fingerprint density at radius 2 is 2.19 bits per heavy atom. The molecule has 0 saturated carbocycles.